The van der Waals surface area contributed by atoms with Crippen LogP contribution in [-0.2, 0) is 20.1 Å². The van der Waals surface area contributed by atoms with Gasteiger partial charge < -0.3 is 5.32 Å². The molecule has 24 heavy (non-hydrogen) atoms. The Hall–Kier alpha value is -2.67. The van der Waals surface area contributed by atoms with Gasteiger partial charge in [0.15, 0.2) is 0 Å². The van der Waals surface area contributed by atoms with Crippen LogP contribution in [0.25, 0.3) is 0 Å². The Morgan fingerprint density at radius 3 is 2.88 bits per heavy atom. The predicted octanol–water partition coefficient (Wildman–Crippen LogP) is 1.95. The SMILES string of the molecule is Cc1cc(Cn2cc(CNC(=O)c3ccnn3C)nn2)ccc1Cl. The Kier molecular flexibility index (Phi) is 4.61. The highest BCUT2D eigenvalue weighted by Gasteiger charge is 2.10. The van der Waals surface area contributed by atoms with Crippen LogP contribution in [0.5, 0.6) is 0 Å². The lowest BCUT2D eigenvalue weighted by atomic mass is 10.1. The molecular weight excluding hydrogens is 328 g/mol. The number of aryl methyl sites for hydroxylation is 2. The third-order valence-corrected chi connectivity index (χ3v) is 4.06. The van der Waals surface area contributed by atoms with Gasteiger partial charge in [0.1, 0.15) is 11.4 Å². The van der Waals surface area contributed by atoms with E-state index in [0.717, 1.165) is 16.1 Å². The zero-order valence-corrected chi connectivity index (χ0v) is 14.2. The minimum absolute atomic E-state index is 0.196. The molecule has 0 aliphatic heterocycles. The molecule has 124 valence electrons. The molecule has 3 aromatic rings. The number of carbonyl (C=O) groups excluding carboxylic acids is 1. The summed E-state index contributed by atoms with van der Waals surface area (Å²) in [4.78, 5) is 12.0. The number of nitrogens with one attached hydrogen (secondary N) is 1. The van der Waals surface area contributed by atoms with Gasteiger partial charge in [0.2, 0.25) is 0 Å². The molecule has 8 heteroatoms. The summed E-state index contributed by atoms with van der Waals surface area (Å²) in [5.74, 6) is -0.196. The lowest BCUT2D eigenvalue weighted by Gasteiger charge is -2.04. The average Bonchev–Trinajstić information content (AvgIpc) is 3.17. The smallest absolute Gasteiger partial charge is 0.269 e. The first-order valence-corrected chi connectivity index (χ1v) is 7.81. The molecule has 0 saturated carbocycles. The Morgan fingerprint density at radius 1 is 1.33 bits per heavy atom. The summed E-state index contributed by atoms with van der Waals surface area (Å²) >= 11 is 6.03. The van der Waals surface area contributed by atoms with E-state index >= 15 is 0 Å². The highest BCUT2D eigenvalue weighted by molar-refractivity contribution is 6.31. The normalized spacial score (nSPS) is 10.8. The summed E-state index contributed by atoms with van der Waals surface area (Å²) in [6, 6.07) is 7.52. The highest BCUT2D eigenvalue weighted by Crippen LogP contribution is 2.16. The molecule has 0 saturated heterocycles. The first-order valence-electron chi connectivity index (χ1n) is 7.43. The number of carbonyl (C=O) groups is 1. The first kappa shape index (κ1) is 16.2. The molecule has 0 aliphatic carbocycles. The van der Waals surface area contributed by atoms with Crippen LogP contribution in [-0.4, -0.2) is 30.7 Å². The maximum Gasteiger partial charge on any atom is 0.269 e. The van der Waals surface area contributed by atoms with Gasteiger partial charge in [-0.1, -0.05) is 28.9 Å². The molecule has 0 aliphatic rings. The zero-order chi connectivity index (χ0) is 17.1. The van der Waals surface area contributed by atoms with Crippen LogP contribution in [0.4, 0.5) is 0 Å². The van der Waals surface area contributed by atoms with Gasteiger partial charge in [-0.15, -0.1) is 5.10 Å². The molecule has 1 amide bonds. The van der Waals surface area contributed by atoms with Crippen LogP contribution in [0.3, 0.4) is 0 Å². The van der Waals surface area contributed by atoms with Crippen molar-refractivity contribution in [1.82, 2.24) is 30.1 Å². The molecule has 0 radical (unpaired) electrons. The topological polar surface area (TPSA) is 77.6 Å². The van der Waals surface area contributed by atoms with E-state index in [0.29, 0.717) is 24.5 Å². The van der Waals surface area contributed by atoms with E-state index < -0.39 is 0 Å². The van der Waals surface area contributed by atoms with Gasteiger partial charge in [-0.2, -0.15) is 5.10 Å². The van der Waals surface area contributed by atoms with E-state index in [2.05, 4.69) is 20.7 Å². The highest BCUT2D eigenvalue weighted by atomic mass is 35.5. The third-order valence-electron chi connectivity index (χ3n) is 3.64. The Balaban J connectivity index is 1.60. The van der Waals surface area contributed by atoms with Crippen molar-refractivity contribution < 1.29 is 4.79 Å². The molecule has 0 atom stereocenters. The molecule has 0 unspecified atom stereocenters. The molecule has 3 rings (SSSR count). The monoisotopic (exact) mass is 344 g/mol. The second-order valence-corrected chi connectivity index (χ2v) is 5.92. The fraction of sp³-hybridized carbons (Fsp3) is 0.250. The lowest BCUT2D eigenvalue weighted by molar-refractivity contribution is 0.0941. The maximum atomic E-state index is 12.0. The van der Waals surface area contributed by atoms with E-state index in [9.17, 15) is 4.79 Å². The molecule has 0 bridgehead atoms. The standard InChI is InChI=1S/C16H17ClN6O/c1-11-7-12(3-4-14(11)17)9-23-10-13(20-21-23)8-18-16(24)15-5-6-19-22(15)2/h3-7,10H,8-9H2,1-2H3,(H,18,24). The summed E-state index contributed by atoms with van der Waals surface area (Å²) in [5, 5.41) is 15.7. The molecular formula is C16H17ClN6O. The largest absolute Gasteiger partial charge is 0.345 e. The number of amides is 1. The molecule has 0 fully saturated rings. The van der Waals surface area contributed by atoms with Crippen molar-refractivity contribution >= 4 is 17.5 Å². The summed E-state index contributed by atoms with van der Waals surface area (Å²) in [6.45, 7) is 2.87. The van der Waals surface area contributed by atoms with E-state index in [1.807, 2.05) is 31.3 Å². The summed E-state index contributed by atoms with van der Waals surface area (Å²) in [7, 11) is 1.72. The van der Waals surface area contributed by atoms with Gasteiger partial charge in [-0.05, 0) is 30.2 Å². The molecule has 7 nitrogen and oxygen atoms in total. The minimum Gasteiger partial charge on any atom is -0.345 e. The van der Waals surface area contributed by atoms with E-state index in [1.54, 1.807) is 24.0 Å². The number of rotatable bonds is 5. The number of halogens is 1. The number of nitrogens with zero attached hydrogens (tertiary/aromatic N) is 5. The van der Waals surface area contributed by atoms with Gasteiger partial charge in [0.05, 0.1) is 19.3 Å². The van der Waals surface area contributed by atoms with Crippen LogP contribution < -0.4 is 5.32 Å². The van der Waals surface area contributed by atoms with Gasteiger partial charge in [0.25, 0.3) is 5.91 Å². The second kappa shape index (κ2) is 6.84. The number of hydrogen-bond donors (Lipinski definition) is 1. The Labute approximate surface area is 144 Å². The van der Waals surface area contributed by atoms with Crippen LogP contribution in [0.1, 0.15) is 27.3 Å². The Bertz CT molecular complexity index is 869. The summed E-state index contributed by atoms with van der Waals surface area (Å²) < 4.78 is 3.25. The second-order valence-electron chi connectivity index (χ2n) is 5.51. The average molecular weight is 345 g/mol. The molecule has 2 heterocycles. The molecule has 1 N–H and O–H groups in total. The van der Waals surface area contributed by atoms with Crippen LogP contribution >= 0.6 is 11.6 Å². The number of aromatic nitrogens is 5. The summed E-state index contributed by atoms with van der Waals surface area (Å²) in [5.41, 5.74) is 3.31. The maximum absolute atomic E-state index is 12.0. The van der Waals surface area contributed by atoms with Crippen molar-refractivity contribution in [3.8, 4) is 0 Å². The number of benzene rings is 1. The van der Waals surface area contributed by atoms with E-state index in [-0.39, 0.29) is 5.91 Å². The van der Waals surface area contributed by atoms with Crippen LogP contribution in [0.15, 0.2) is 36.7 Å². The third kappa shape index (κ3) is 3.62. The van der Waals surface area contributed by atoms with Crippen molar-refractivity contribution in [2.45, 2.75) is 20.0 Å². The molecule has 0 spiro atoms. The van der Waals surface area contributed by atoms with Crippen molar-refractivity contribution in [1.29, 1.82) is 0 Å². The zero-order valence-electron chi connectivity index (χ0n) is 13.4. The van der Waals surface area contributed by atoms with E-state index in [1.165, 1.54) is 4.68 Å². The van der Waals surface area contributed by atoms with E-state index in [4.69, 9.17) is 11.6 Å². The fourth-order valence-corrected chi connectivity index (χ4v) is 2.46. The van der Waals surface area contributed by atoms with Gasteiger partial charge >= 0.3 is 0 Å². The van der Waals surface area contributed by atoms with Crippen LogP contribution in [0.2, 0.25) is 5.02 Å². The predicted molar refractivity (Wildman–Crippen MR) is 89.7 cm³/mol. The van der Waals surface area contributed by atoms with Gasteiger partial charge in [-0.25, -0.2) is 4.68 Å². The minimum atomic E-state index is -0.196. The first-order chi connectivity index (χ1) is 11.5. The van der Waals surface area contributed by atoms with Crippen molar-refractivity contribution in [3.05, 3.63) is 64.2 Å². The van der Waals surface area contributed by atoms with Crippen molar-refractivity contribution in [2.24, 2.45) is 7.05 Å². The van der Waals surface area contributed by atoms with Crippen molar-refractivity contribution in [3.63, 3.8) is 0 Å². The number of hydrogen-bond acceptors (Lipinski definition) is 4. The lowest BCUT2D eigenvalue weighted by Crippen LogP contribution is -2.25. The fourth-order valence-electron chi connectivity index (χ4n) is 2.35. The molecule has 1 aromatic carbocycles. The van der Waals surface area contributed by atoms with Gasteiger partial charge in [0, 0.05) is 18.3 Å². The molecule has 2 aromatic heterocycles. The van der Waals surface area contributed by atoms with Crippen molar-refractivity contribution in [2.75, 3.05) is 0 Å². The van der Waals surface area contributed by atoms with Gasteiger partial charge in [-0.3, -0.25) is 9.48 Å². The summed E-state index contributed by atoms with van der Waals surface area (Å²) in [6.07, 6.45) is 3.40. The Morgan fingerprint density at radius 2 is 2.17 bits per heavy atom. The quantitative estimate of drug-likeness (QED) is 0.767. The van der Waals surface area contributed by atoms with Crippen LogP contribution in [0, 0.1) is 6.92 Å².